The molecule has 3 atom stereocenters. The van der Waals surface area contributed by atoms with Crippen molar-refractivity contribution in [2.45, 2.75) is 65.5 Å². The van der Waals surface area contributed by atoms with Crippen LogP contribution in [0.2, 0.25) is 0 Å². The Bertz CT molecular complexity index is 343. The fraction of sp³-hybridized carbons (Fsp3) is 0.833. The molecule has 0 radical (unpaired) electrons. The molecule has 3 heteroatoms. The monoisotopic (exact) mass is 295 g/mol. The maximum Gasteiger partial charge on any atom is 0.120 e. The predicted molar refractivity (Wildman–Crippen MR) is 91.7 cm³/mol. The van der Waals surface area contributed by atoms with Gasteiger partial charge in [-0.1, -0.05) is 5.92 Å². The van der Waals surface area contributed by atoms with Gasteiger partial charge in [-0.2, -0.15) is 0 Å². The van der Waals surface area contributed by atoms with Crippen molar-refractivity contribution in [2.75, 3.05) is 27.2 Å². The van der Waals surface area contributed by atoms with E-state index < -0.39 is 0 Å². The Hall–Kier alpha value is -0.850. The molecule has 3 nitrogen and oxygen atoms in total. The number of rotatable bonds is 11. The second-order valence-corrected chi connectivity index (χ2v) is 6.35. The third-order valence-electron chi connectivity index (χ3n) is 4.86. The fourth-order valence-electron chi connectivity index (χ4n) is 2.75. The molecule has 0 bridgehead atoms. The third kappa shape index (κ3) is 7.11. The van der Waals surface area contributed by atoms with E-state index in [-0.39, 0.29) is 6.10 Å². The zero-order chi connectivity index (χ0) is 16.3. The predicted octanol–water partition coefficient (Wildman–Crippen LogP) is 3.73. The van der Waals surface area contributed by atoms with Crippen molar-refractivity contribution in [2.24, 2.45) is 5.92 Å². The Labute approximate surface area is 132 Å². The summed E-state index contributed by atoms with van der Waals surface area (Å²) in [6.45, 7) is 11.1. The molecule has 0 spiro atoms. The first kappa shape index (κ1) is 20.1. The number of quaternary nitrogens is 1. The van der Waals surface area contributed by atoms with E-state index in [9.17, 15) is 0 Å². The SMILES string of the molecule is CC#CC(OC)C(CCC=N)CCC[N+](C)(CC)C(C)C. The summed E-state index contributed by atoms with van der Waals surface area (Å²) in [5.74, 6) is 6.58. The van der Waals surface area contributed by atoms with E-state index in [1.165, 1.54) is 25.7 Å². The maximum absolute atomic E-state index is 7.25. The Morgan fingerprint density at radius 2 is 1.95 bits per heavy atom. The molecule has 0 amide bonds. The van der Waals surface area contributed by atoms with Crippen molar-refractivity contribution < 1.29 is 9.22 Å². The Morgan fingerprint density at radius 3 is 2.38 bits per heavy atom. The largest absolute Gasteiger partial charge is 0.368 e. The maximum atomic E-state index is 7.25. The summed E-state index contributed by atoms with van der Waals surface area (Å²) < 4.78 is 6.67. The zero-order valence-electron chi connectivity index (χ0n) is 14.9. The molecule has 0 aromatic heterocycles. The first-order chi connectivity index (χ1) is 9.95. The average Bonchev–Trinajstić information content (AvgIpc) is 2.48. The lowest BCUT2D eigenvalue weighted by Gasteiger charge is -2.38. The number of methoxy groups -OCH3 is 1. The summed E-state index contributed by atoms with van der Waals surface area (Å²) in [6.07, 6.45) is 5.64. The van der Waals surface area contributed by atoms with E-state index in [1.54, 1.807) is 7.11 Å². The summed E-state index contributed by atoms with van der Waals surface area (Å²) in [5, 5.41) is 7.25. The van der Waals surface area contributed by atoms with Gasteiger partial charge in [-0.05, 0) is 65.5 Å². The van der Waals surface area contributed by atoms with Crippen LogP contribution in [0.3, 0.4) is 0 Å². The van der Waals surface area contributed by atoms with Gasteiger partial charge >= 0.3 is 0 Å². The van der Waals surface area contributed by atoms with Crippen LogP contribution in [-0.2, 0) is 4.74 Å². The van der Waals surface area contributed by atoms with Crippen molar-refractivity contribution in [1.82, 2.24) is 0 Å². The van der Waals surface area contributed by atoms with Gasteiger partial charge in [-0.25, -0.2) is 0 Å². The Kier molecular flexibility index (Phi) is 10.4. The molecule has 0 fully saturated rings. The summed E-state index contributed by atoms with van der Waals surface area (Å²) >= 11 is 0. The van der Waals surface area contributed by atoms with Crippen LogP contribution in [0.25, 0.3) is 0 Å². The van der Waals surface area contributed by atoms with Gasteiger partial charge in [-0.15, -0.1) is 5.92 Å². The van der Waals surface area contributed by atoms with Crippen LogP contribution in [0.15, 0.2) is 0 Å². The first-order valence-corrected chi connectivity index (χ1v) is 8.23. The highest BCUT2D eigenvalue weighted by Gasteiger charge is 2.25. The molecule has 0 aliphatic heterocycles. The zero-order valence-corrected chi connectivity index (χ0v) is 14.9. The lowest BCUT2D eigenvalue weighted by Crippen LogP contribution is -2.50. The van der Waals surface area contributed by atoms with Gasteiger partial charge in [-0.3, -0.25) is 0 Å². The summed E-state index contributed by atoms with van der Waals surface area (Å²) in [6, 6.07) is 0.656. The standard InChI is InChI=1S/C18H35N2O/c1-7-11-18(21-6)17(12-9-14-19)13-10-15-20(5,8-2)16(3)4/h14,16-19H,8-10,12-13,15H2,1-6H3/q+1. The average molecular weight is 295 g/mol. The van der Waals surface area contributed by atoms with Crippen LogP contribution >= 0.6 is 0 Å². The van der Waals surface area contributed by atoms with Gasteiger partial charge in [0.1, 0.15) is 6.10 Å². The van der Waals surface area contributed by atoms with E-state index in [1.807, 2.05) is 6.92 Å². The van der Waals surface area contributed by atoms with E-state index in [0.717, 1.165) is 23.7 Å². The van der Waals surface area contributed by atoms with Crippen LogP contribution in [0.5, 0.6) is 0 Å². The second-order valence-electron chi connectivity index (χ2n) is 6.35. The van der Waals surface area contributed by atoms with E-state index >= 15 is 0 Å². The number of nitrogens with zero attached hydrogens (tertiary/aromatic N) is 1. The minimum absolute atomic E-state index is 0.00869. The minimum atomic E-state index is 0.00869. The van der Waals surface area contributed by atoms with Gasteiger partial charge in [0.25, 0.3) is 0 Å². The number of nitrogens with one attached hydrogen (secondary N) is 1. The van der Waals surface area contributed by atoms with Crippen LogP contribution < -0.4 is 0 Å². The normalized spacial score (nSPS) is 16.7. The molecule has 21 heavy (non-hydrogen) atoms. The number of ether oxygens (including phenoxy) is 1. The second kappa shape index (κ2) is 10.8. The number of hydrogen-bond donors (Lipinski definition) is 1. The van der Waals surface area contributed by atoms with E-state index in [2.05, 4.69) is 39.7 Å². The quantitative estimate of drug-likeness (QED) is 0.352. The fourth-order valence-corrected chi connectivity index (χ4v) is 2.75. The smallest absolute Gasteiger partial charge is 0.120 e. The van der Waals surface area contributed by atoms with Crippen molar-refractivity contribution in [3.05, 3.63) is 0 Å². The van der Waals surface area contributed by atoms with Gasteiger partial charge in [0.2, 0.25) is 0 Å². The molecule has 0 aromatic carbocycles. The molecule has 3 unspecified atom stereocenters. The van der Waals surface area contributed by atoms with Crippen LogP contribution in [0, 0.1) is 23.2 Å². The van der Waals surface area contributed by atoms with E-state index in [0.29, 0.717) is 12.0 Å². The molecular weight excluding hydrogens is 260 g/mol. The van der Waals surface area contributed by atoms with Crippen molar-refractivity contribution >= 4 is 6.21 Å². The number of hydrogen-bond acceptors (Lipinski definition) is 2. The van der Waals surface area contributed by atoms with Crippen molar-refractivity contribution in [1.29, 1.82) is 5.41 Å². The first-order valence-electron chi connectivity index (χ1n) is 8.23. The molecule has 0 saturated carbocycles. The topological polar surface area (TPSA) is 33.1 Å². The van der Waals surface area contributed by atoms with Crippen molar-refractivity contribution in [3.63, 3.8) is 0 Å². The summed E-state index contributed by atoms with van der Waals surface area (Å²) in [7, 11) is 4.09. The van der Waals surface area contributed by atoms with Gasteiger partial charge in [0.15, 0.2) is 0 Å². The molecule has 0 aliphatic carbocycles. The van der Waals surface area contributed by atoms with Crippen molar-refractivity contribution in [3.8, 4) is 11.8 Å². The molecule has 122 valence electrons. The van der Waals surface area contributed by atoms with Crippen LogP contribution in [-0.4, -0.2) is 50.1 Å². The molecule has 0 aromatic rings. The third-order valence-corrected chi connectivity index (χ3v) is 4.86. The highest BCUT2D eigenvalue weighted by molar-refractivity contribution is 5.52. The van der Waals surface area contributed by atoms with Gasteiger partial charge < -0.3 is 14.6 Å². The molecule has 1 N–H and O–H groups in total. The molecule has 0 heterocycles. The van der Waals surface area contributed by atoms with Crippen LogP contribution in [0.1, 0.15) is 53.4 Å². The lowest BCUT2D eigenvalue weighted by molar-refractivity contribution is -0.928. The minimum Gasteiger partial charge on any atom is -0.368 e. The molecule has 0 aliphatic rings. The summed E-state index contributed by atoms with van der Waals surface area (Å²) in [5.41, 5.74) is 0. The summed E-state index contributed by atoms with van der Waals surface area (Å²) in [4.78, 5) is 0. The Morgan fingerprint density at radius 1 is 1.29 bits per heavy atom. The van der Waals surface area contributed by atoms with Crippen LogP contribution in [0.4, 0.5) is 0 Å². The highest BCUT2D eigenvalue weighted by atomic mass is 16.5. The lowest BCUT2D eigenvalue weighted by atomic mass is 9.91. The van der Waals surface area contributed by atoms with Gasteiger partial charge in [0.05, 0.1) is 26.2 Å². The molecule has 0 saturated heterocycles. The molecular formula is C18H35N2O+. The van der Waals surface area contributed by atoms with E-state index in [4.69, 9.17) is 10.1 Å². The molecule has 0 rings (SSSR count). The highest BCUT2D eigenvalue weighted by Crippen LogP contribution is 2.21. The Balaban J connectivity index is 4.59. The van der Waals surface area contributed by atoms with Gasteiger partial charge in [0, 0.05) is 7.11 Å².